The SMILES string of the molecule is CCOC(=O)c1ccc(OC(F)(F)F)c(C#N)c1C=O. The maximum Gasteiger partial charge on any atom is 0.573 e. The third kappa shape index (κ3) is 3.47. The van der Waals surface area contributed by atoms with Gasteiger partial charge in [0.15, 0.2) is 6.29 Å². The molecule has 8 heteroatoms. The molecule has 0 unspecified atom stereocenters. The number of nitriles is 1. The minimum atomic E-state index is -5.02. The quantitative estimate of drug-likeness (QED) is 0.628. The first-order valence-electron chi connectivity index (χ1n) is 5.29. The Balaban J connectivity index is 3.38. The molecule has 0 heterocycles. The molecule has 0 bridgehead atoms. The topological polar surface area (TPSA) is 76.4 Å². The molecule has 0 fully saturated rings. The fourth-order valence-corrected chi connectivity index (χ4v) is 1.43. The van der Waals surface area contributed by atoms with Crippen molar-refractivity contribution in [2.75, 3.05) is 6.61 Å². The molecular formula is C12H8F3NO4. The van der Waals surface area contributed by atoms with Gasteiger partial charge in [0.2, 0.25) is 0 Å². The second-order valence-electron chi connectivity index (χ2n) is 3.40. The van der Waals surface area contributed by atoms with Gasteiger partial charge in [-0.15, -0.1) is 13.2 Å². The molecule has 0 aliphatic heterocycles. The van der Waals surface area contributed by atoms with Crippen LogP contribution in [0.3, 0.4) is 0 Å². The second-order valence-corrected chi connectivity index (χ2v) is 3.40. The van der Waals surface area contributed by atoms with E-state index in [4.69, 9.17) is 5.26 Å². The van der Waals surface area contributed by atoms with Crippen molar-refractivity contribution in [3.05, 3.63) is 28.8 Å². The van der Waals surface area contributed by atoms with E-state index in [1.807, 2.05) is 0 Å². The van der Waals surface area contributed by atoms with Crippen LogP contribution in [-0.2, 0) is 4.74 Å². The fourth-order valence-electron chi connectivity index (χ4n) is 1.43. The summed E-state index contributed by atoms with van der Waals surface area (Å²) in [5.41, 5.74) is -1.48. The molecule has 0 amide bonds. The van der Waals surface area contributed by atoms with Crippen LogP contribution in [0, 0.1) is 11.3 Å². The van der Waals surface area contributed by atoms with E-state index in [2.05, 4.69) is 9.47 Å². The molecule has 0 aliphatic rings. The van der Waals surface area contributed by atoms with Crippen LogP contribution in [0.4, 0.5) is 13.2 Å². The molecule has 0 aromatic heterocycles. The van der Waals surface area contributed by atoms with Crippen molar-refractivity contribution in [3.8, 4) is 11.8 Å². The summed E-state index contributed by atoms with van der Waals surface area (Å²) < 4.78 is 44.8. The number of aldehydes is 1. The number of hydrogen-bond acceptors (Lipinski definition) is 5. The molecule has 1 aromatic rings. The summed E-state index contributed by atoms with van der Waals surface area (Å²) in [6.07, 6.45) is -4.91. The first kappa shape index (κ1) is 15.5. The Kier molecular flexibility index (Phi) is 4.69. The number of ether oxygens (including phenoxy) is 2. The van der Waals surface area contributed by atoms with E-state index in [9.17, 15) is 22.8 Å². The molecule has 0 saturated heterocycles. The third-order valence-electron chi connectivity index (χ3n) is 2.16. The van der Waals surface area contributed by atoms with Crippen LogP contribution in [-0.4, -0.2) is 25.2 Å². The smallest absolute Gasteiger partial charge is 0.462 e. The molecule has 5 nitrogen and oxygen atoms in total. The lowest BCUT2D eigenvalue weighted by Gasteiger charge is -2.13. The van der Waals surface area contributed by atoms with Gasteiger partial charge < -0.3 is 9.47 Å². The summed E-state index contributed by atoms with van der Waals surface area (Å²) in [4.78, 5) is 22.5. The second kappa shape index (κ2) is 6.06. The Morgan fingerprint density at radius 2 is 2.10 bits per heavy atom. The lowest BCUT2D eigenvalue weighted by Crippen LogP contribution is -2.19. The van der Waals surface area contributed by atoms with Gasteiger partial charge in [0.05, 0.1) is 17.7 Å². The van der Waals surface area contributed by atoms with Gasteiger partial charge in [-0.25, -0.2) is 4.79 Å². The van der Waals surface area contributed by atoms with Gasteiger partial charge in [0, 0.05) is 0 Å². The minimum Gasteiger partial charge on any atom is -0.462 e. The van der Waals surface area contributed by atoms with E-state index < -0.39 is 29.2 Å². The summed E-state index contributed by atoms with van der Waals surface area (Å²) in [5.74, 6) is -1.76. The Bertz CT molecular complexity index is 575. The molecule has 0 N–H and O–H groups in total. The summed E-state index contributed by atoms with van der Waals surface area (Å²) in [6.45, 7) is 1.53. The highest BCUT2D eigenvalue weighted by atomic mass is 19.4. The predicted molar refractivity (Wildman–Crippen MR) is 59.2 cm³/mol. The number of alkyl halides is 3. The minimum absolute atomic E-state index is 0.0137. The Labute approximate surface area is 111 Å². The van der Waals surface area contributed by atoms with Crippen molar-refractivity contribution in [2.24, 2.45) is 0 Å². The lowest BCUT2D eigenvalue weighted by molar-refractivity contribution is -0.274. The molecule has 0 aliphatic carbocycles. The van der Waals surface area contributed by atoms with Gasteiger partial charge >= 0.3 is 12.3 Å². The lowest BCUT2D eigenvalue weighted by atomic mass is 10.0. The van der Waals surface area contributed by atoms with Crippen LogP contribution in [0.5, 0.6) is 5.75 Å². The summed E-state index contributed by atoms with van der Waals surface area (Å²) in [5, 5.41) is 8.85. The zero-order valence-corrected chi connectivity index (χ0v) is 10.2. The van der Waals surface area contributed by atoms with Crippen molar-refractivity contribution in [2.45, 2.75) is 13.3 Å². The van der Waals surface area contributed by atoms with Gasteiger partial charge in [0.25, 0.3) is 0 Å². The average Bonchev–Trinajstić information content (AvgIpc) is 2.36. The summed E-state index contributed by atoms with van der Waals surface area (Å²) in [7, 11) is 0. The van der Waals surface area contributed by atoms with Gasteiger partial charge in [-0.05, 0) is 19.1 Å². The highest BCUT2D eigenvalue weighted by molar-refractivity contribution is 6.00. The van der Waals surface area contributed by atoms with Crippen LogP contribution in [0.1, 0.15) is 33.2 Å². The van der Waals surface area contributed by atoms with Gasteiger partial charge in [0.1, 0.15) is 17.4 Å². The highest BCUT2D eigenvalue weighted by Crippen LogP contribution is 2.29. The number of benzene rings is 1. The van der Waals surface area contributed by atoms with E-state index in [1.165, 1.54) is 13.0 Å². The first-order chi connectivity index (χ1) is 9.34. The van der Waals surface area contributed by atoms with Gasteiger partial charge in [-0.2, -0.15) is 5.26 Å². The monoisotopic (exact) mass is 287 g/mol. The van der Waals surface area contributed by atoms with Crippen LogP contribution < -0.4 is 4.74 Å². The highest BCUT2D eigenvalue weighted by Gasteiger charge is 2.33. The number of carbonyl (C=O) groups is 2. The van der Waals surface area contributed by atoms with Crippen LogP contribution >= 0.6 is 0 Å². The van der Waals surface area contributed by atoms with E-state index in [1.54, 1.807) is 0 Å². The van der Waals surface area contributed by atoms with Gasteiger partial charge in [-0.3, -0.25) is 4.79 Å². The maximum atomic E-state index is 12.2. The molecule has 1 rings (SSSR count). The molecular weight excluding hydrogens is 279 g/mol. The molecule has 0 saturated carbocycles. The predicted octanol–water partition coefficient (Wildman–Crippen LogP) is 2.45. The van der Waals surface area contributed by atoms with Crippen molar-refractivity contribution < 1.29 is 32.2 Å². The largest absolute Gasteiger partial charge is 0.573 e. The molecule has 1 aromatic carbocycles. The maximum absolute atomic E-state index is 12.2. The van der Waals surface area contributed by atoms with Crippen LogP contribution in [0.2, 0.25) is 0 Å². The van der Waals surface area contributed by atoms with Crippen LogP contribution in [0.15, 0.2) is 12.1 Å². The van der Waals surface area contributed by atoms with Crippen molar-refractivity contribution in [1.29, 1.82) is 5.26 Å². The molecule has 0 spiro atoms. The number of nitrogens with zero attached hydrogens (tertiary/aromatic N) is 1. The molecule has 0 atom stereocenters. The van der Waals surface area contributed by atoms with Gasteiger partial charge in [-0.1, -0.05) is 0 Å². The Morgan fingerprint density at radius 3 is 2.55 bits per heavy atom. The Hall–Kier alpha value is -2.56. The standard InChI is InChI=1S/C12H8F3NO4/c1-2-19-11(18)7-3-4-10(20-12(13,14)15)8(5-16)9(7)6-17/h3-4,6H,2H2,1H3. The molecule has 0 radical (unpaired) electrons. The third-order valence-corrected chi connectivity index (χ3v) is 2.16. The zero-order valence-electron chi connectivity index (χ0n) is 10.2. The first-order valence-corrected chi connectivity index (χ1v) is 5.29. The Morgan fingerprint density at radius 1 is 1.45 bits per heavy atom. The van der Waals surface area contributed by atoms with Crippen molar-refractivity contribution in [3.63, 3.8) is 0 Å². The summed E-state index contributed by atoms with van der Waals surface area (Å²) in [6, 6.07) is 3.13. The number of hydrogen-bond donors (Lipinski definition) is 0. The average molecular weight is 287 g/mol. The number of esters is 1. The van der Waals surface area contributed by atoms with E-state index >= 15 is 0 Å². The normalized spacial score (nSPS) is 10.6. The number of rotatable bonds is 4. The van der Waals surface area contributed by atoms with E-state index in [-0.39, 0.29) is 18.5 Å². The molecule has 20 heavy (non-hydrogen) atoms. The number of carbonyl (C=O) groups excluding carboxylic acids is 2. The van der Waals surface area contributed by atoms with Crippen molar-refractivity contribution >= 4 is 12.3 Å². The van der Waals surface area contributed by atoms with Crippen LogP contribution in [0.25, 0.3) is 0 Å². The van der Waals surface area contributed by atoms with E-state index in [0.717, 1.165) is 12.1 Å². The van der Waals surface area contributed by atoms with Crippen molar-refractivity contribution in [1.82, 2.24) is 0 Å². The van der Waals surface area contributed by atoms with E-state index in [0.29, 0.717) is 0 Å². The number of halogens is 3. The fraction of sp³-hybridized carbons (Fsp3) is 0.250. The zero-order chi connectivity index (χ0) is 15.3. The summed E-state index contributed by atoms with van der Waals surface area (Å²) >= 11 is 0. The molecule has 106 valence electrons.